The molecule has 0 amide bonds. The number of hydrogen-bond donors (Lipinski definition) is 8. The van der Waals surface area contributed by atoms with Gasteiger partial charge in [0, 0.05) is 12.8 Å². The number of hydrogen-bond acceptors (Lipinski definition) is 22. The molecule has 8 N–H and O–H groups in total. The minimum atomic E-state index is -1.84. The van der Waals surface area contributed by atoms with Gasteiger partial charge in [0.05, 0.1) is 48.6 Å². The van der Waals surface area contributed by atoms with Crippen LogP contribution < -0.4 is 0 Å². The molecular formula is C51H88O22. The van der Waals surface area contributed by atoms with E-state index in [2.05, 4.69) is 6.92 Å². The highest BCUT2D eigenvalue weighted by molar-refractivity contribution is 5.72. The van der Waals surface area contributed by atoms with Gasteiger partial charge < -0.3 is 97.7 Å². The molecule has 0 aromatic rings. The fraction of sp³-hybridized carbons (Fsp3) is 0.961. The molecule has 6 saturated heterocycles. The summed E-state index contributed by atoms with van der Waals surface area (Å²) in [5, 5.41) is 87.6. The van der Waals surface area contributed by atoms with Crippen LogP contribution in [0.3, 0.4) is 0 Å². The first-order valence-electron chi connectivity index (χ1n) is 27.1. The van der Waals surface area contributed by atoms with E-state index in [0.29, 0.717) is 12.8 Å². The zero-order valence-corrected chi connectivity index (χ0v) is 43.9. The second kappa shape index (κ2) is 28.2. The zero-order valence-electron chi connectivity index (χ0n) is 43.9. The lowest BCUT2D eigenvalue weighted by molar-refractivity contribution is -0.393. The van der Waals surface area contributed by atoms with Gasteiger partial charge in [-0.1, -0.05) is 78.6 Å². The summed E-state index contributed by atoms with van der Waals surface area (Å²) in [4.78, 5) is 27.6. The van der Waals surface area contributed by atoms with Gasteiger partial charge >= 0.3 is 11.9 Å². The smallest absolute Gasteiger partial charge is 0.309 e. The minimum absolute atomic E-state index is 0.0939. The molecule has 0 aromatic carbocycles. The Hall–Kier alpha value is -1.78. The van der Waals surface area contributed by atoms with Gasteiger partial charge in [-0.25, -0.2) is 0 Å². The van der Waals surface area contributed by atoms with Crippen LogP contribution in [0.1, 0.15) is 152 Å². The van der Waals surface area contributed by atoms with Crippen molar-refractivity contribution in [2.24, 2.45) is 5.92 Å². The summed E-state index contributed by atoms with van der Waals surface area (Å²) in [5.41, 5.74) is 0. The van der Waals surface area contributed by atoms with Crippen molar-refractivity contribution in [1.29, 1.82) is 0 Å². The molecule has 6 fully saturated rings. The van der Waals surface area contributed by atoms with E-state index in [-0.39, 0.29) is 18.9 Å². The quantitative estimate of drug-likeness (QED) is 0.0965. The molecular weight excluding hydrogens is 965 g/mol. The first-order valence-corrected chi connectivity index (χ1v) is 27.1. The Balaban J connectivity index is 1.32. The van der Waals surface area contributed by atoms with E-state index in [9.17, 15) is 50.4 Å². The highest BCUT2D eigenvalue weighted by atomic mass is 16.8. The topological polar surface area (TPSA) is 307 Å². The van der Waals surface area contributed by atoms with E-state index in [1.54, 1.807) is 34.6 Å². The molecule has 0 bridgehead atoms. The third-order valence-corrected chi connectivity index (χ3v) is 15.4. The number of ether oxygens (including phenoxy) is 12. The molecule has 6 rings (SSSR count). The number of esters is 2. The van der Waals surface area contributed by atoms with Crippen LogP contribution in [0, 0.1) is 5.92 Å². The van der Waals surface area contributed by atoms with E-state index < -0.39 is 165 Å². The van der Waals surface area contributed by atoms with Crippen LogP contribution in [0.4, 0.5) is 0 Å². The number of rotatable bonds is 13. The molecule has 424 valence electrons. The molecule has 0 aromatic heterocycles. The van der Waals surface area contributed by atoms with Crippen LogP contribution in [-0.2, 0) is 66.4 Å². The number of carbonyl (C=O) groups excluding carboxylic acids is 2. The van der Waals surface area contributed by atoms with Crippen LogP contribution >= 0.6 is 0 Å². The van der Waals surface area contributed by atoms with E-state index in [1.165, 1.54) is 13.8 Å². The Labute approximate surface area is 429 Å². The minimum Gasteiger partial charge on any atom is -0.457 e. The lowest BCUT2D eigenvalue weighted by Gasteiger charge is -2.50. The number of carbonyl (C=O) groups is 2. The van der Waals surface area contributed by atoms with Gasteiger partial charge in [-0.3, -0.25) is 9.59 Å². The Morgan fingerprint density at radius 2 is 1.11 bits per heavy atom. The van der Waals surface area contributed by atoms with Crippen LogP contribution in [-0.4, -0.2) is 206 Å². The zero-order chi connectivity index (χ0) is 53.3. The Morgan fingerprint density at radius 1 is 0.562 bits per heavy atom. The van der Waals surface area contributed by atoms with Crippen molar-refractivity contribution in [3.63, 3.8) is 0 Å². The molecule has 6 aliphatic rings. The van der Waals surface area contributed by atoms with Crippen molar-refractivity contribution in [3.05, 3.63) is 0 Å². The fourth-order valence-corrected chi connectivity index (χ4v) is 10.3. The Kier molecular flexibility index (Phi) is 23.4. The summed E-state index contributed by atoms with van der Waals surface area (Å²) in [6, 6.07) is 0. The van der Waals surface area contributed by atoms with Crippen LogP contribution in [0.15, 0.2) is 0 Å². The molecule has 0 spiro atoms. The molecule has 0 unspecified atom stereocenters. The Bertz CT molecular complexity index is 1660. The second-order valence-electron chi connectivity index (χ2n) is 21.2. The number of aliphatic hydroxyl groups is 8. The van der Waals surface area contributed by atoms with Crippen molar-refractivity contribution >= 4 is 11.9 Å². The van der Waals surface area contributed by atoms with Gasteiger partial charge in [-0.15, -0.1) is 0 Å². The van der Waals surface area contributed by atoms with Crippen molar-refractivity contribution in [1.82, 2.24) is 0 Å². The lowest BCUT2D eigenvalue weighted by atomic mass is 9.95. The third kappa shape index (κ3) is 15.5. The molecule has 6 heterocycles. The van der Waals surface area contributed by atoms with Crippen LogP contribution in [0.2, 0.25) is 0 Å². The summed E-state index contributed by atoms with van der Waals surface area (Å²) in [7, 11) is 0. The number of unbranched alkanes of at least 4 members (excludes halogenated alkanes) is 2. The van der Waals surface area contributed by atoms with Crippen molar-refractivity contribution in [2.75, 3.05) is 0 Å². The van der Waals surface area contributed by atoms with Crippen molar-refractivity contribution in [2.45, 2.75) is 305 Å². The van der Waals surface area contributed by atoms with Gasteiger partial charge in [0.2, 0.25) is 0 Å². The number of fused-ring (bicyclic) bond motifs is 2. The maximum absolute atomic E-state index is 13.9. The van der Waals surface area contributed by atoms with Crippen LogP contribution in [0.25, 0.3) is 0 Å². The Morgan fingerprint density at radius 3 is 1.73 bits per heavy atom. The fourth-order valence-electron chi connectivity index (χ4n) is 10.3. The first kappa shape index (κ1) is 60.4. The molecule has 0 saturated carbocycles. The predicted octanol–water partition coefficient (Wildman–Crippen LogP) is 1.89. The van der Waals surface area contributed by atoms with Gasteiger partial charge in [0.1, 0.15) is 67.1 Å². The summed E-state index contributed by atoms with van der Waals surface area (Å²) < 4.78 is 75.9. The summed E-state index contributed by atoms with van der Waals surface area (Å²) in [6.45, 7) is 13.4. The monoisotopic (exact) mass is 1050 g/mol. The maximum atomic E-state index is 13.9. The summed E-state index contributed by atoms with van der Waals surface area (Å²) >= 11 is 0. The lowest BCUT2D eigenvalue weighted by Crippen LogP contribution is -2.67. The molecule has 73 heavy (non-hydrogen) atoms. The average Bonchev–Trinajstić information content (AvgIpc) is 3.35. The molecule has 26 atom stereocenters. The standard InChI is InChI=1S/C51H88O22/c1-9-11-17-20-30-21-18-15-13-12-14-16-19-22-33(52)68-32-23-31(25(4)62-47(32)72-43-39(58)36(55)28(7)65-50(43)67-30)69-51-45(70-46(61)24(3)10-2)44(73-49-41(60)38(57)35(54)27(6)64-49)42(29(8)66-51)71-48-40(59)37(56)34(53)26(5)63-48/h24-32,34-45,47-51,53-60H,9-23H2,1-8H3/t24-,25-,26-,27-,28+,29-,30-,31+,32+,34-,35-,36-,37+,38+,39-,40+,41+,42-,43+,44+,45+,47-,48-,49-,50-,51-/m0/s1. The van der Waals surface area contributed by atoms with Gasteiger partial charge in [0.15, 0.2) is 43.7 Å². The van der Waals surface area contributed by atoms with Gasteiger partial charge in [0.25, 0.3) is 0 Å². The van der Waals surface area contributed by atoms with Crippen molar-refractivity contribution in [3.8, 4) is 0 Å². The average molecular weight is 1050 g/mol. The SMILES string of the molecule is CCCCC[C@H]1CCCCCCCCCC(=O)O[C@@H]2C[C@@H](O[C@@H]3O[C@@H](C)[C@H](O[C@@H]4O[C@@H](C)[C@H](O)[C@@H](O)[C@H]4O)[C@@H](O[C@@H]4O[C@@H](C)[C@H](O)[C@@H](O)[C@H]4O)[C@H]3OC(=O)[C@@H](C)CC)[C@H](C)O[C@H]2O[C@H]2[C@H](O1)O[C@H](C)[C@H](O)[C@@H]2O. The van der Waals surface area contributed by atoms with Crippen LogP contribution in [0.5, 0.6) is 0 Å². The second-order valence-corrected chi connectivity index (χ2v) is 21.2. The normalized spacial score (nSPS) is 46.4. The van der Waals surface area contributed by atoms with Gasteiger partial charge in [-0.2, -0.15) is 0 Å². The molecule has 0 radical (unpaired) electrons. The molecule has 22 heteroatoms. The highest BCUT2D eigenvalue weighted by Crippen LogP contribution is 2.39. The van der Waals surface area contributed by atoms with Crippen molar-refractivity contribution < 1.29 is 107 Å². The number of aliphatic hydroxyl groups excluding tert-OH is 8. The summed E-state index contributed by atoms with van der Waals surface area (Å²) in [6.07, 6.45) is -22.0. The first-order chi connectivity index (χ1) is 34.7. The predicted molar refractivity (Wildman–Crippen MR) is 254 cm³/mol. The largest absolute Gasteiger partial charge is 0.457 e. The summed E-state index contributed by atoms with van der Waals surface area (Å²) in [5.74, 6) is -1.91. The molecule has 22 nitrogen and oxygen atoms in total. The maximum Gasteiger partial charge on any atom is 0.309 e. The van der Waals surface area contributed by atoms with E-state index in [0.717, 1.165) is 70.6 Å². The molecule has 0 aliphatic carbocycles. The van der Waals surface area contributed by atoms with Gasteiger partial charge in [-0.05, 0) is 60.3 Å². The third-order valence-electron chi connectivity index (χ3n) is 15.4. The highest BCUT2D eigenvalue weighted by Gasteiger charge is 2.57. The van der Waals surface area contributed by atoms with E-state index in [1.807, 2.05) is 0 Å². The van der Waals surface area contributed by atoms with E-state index in [4.69, 9.17) is 56.8 Å². The molecule has 6 aliphatic heterocycles. The van der Waals surface area contributed by atoms with E-state index >= 15 is 0 Å².